The second kappa shape index (κ2) is 7.65. The second-order valence-corrected chi connectivity index (χ2v) is 4.73. The average molecular weight is 278 g/mol. The monoisotopic (exact) mass is 278 g/mol. The molecule has 0 aliphatic rings. The fourth-order valence-corrected chi connectivity index (χ4v) is 2.28. The summed E-state index contributed by atoms with van der Waals surface area (Å²) in [5.41, 5.74) is 7.07. The Bertz CT molecular complexity index is 474. The van der Waals surface area contributed by atoms with E-state index in [1.54, 1.807) is 17.9 Å². The van der Waals surface area contributed by atoms with E-state index in [-0.39, 0.29) is 18.4 Å². The van der Waals surface area contributed by atoms with Gasteiger partial charge in [-0.15, -0.1) is 0 Å². The third kappa shape index (κ3) is 4.06. The lowest BCUT2D eigenvalue weighted by Gasteiger charge is -2.28. The number of carbonyl (C=O) groups excluding carboxylic acids is 1. The summed E-state index contributed by atoms with van der Waals surface area (Å²) in [5, 5.41) is 8.86. The number of nitrogens with zero attached hydrogens (tertiary/aromatic N) is 1. The zero-order valence-corrected chi connectivity index (χ0v) is 12.0. The first-order chi connectivity index (χ1) is 9.51. The molecule has 20 heavy (non-hydrogen) atoms. The summed E-state index contributed by atoms with van der Waals surface area (Å²) in [6.45, 7) is 4.55. The standard InChI is InChI=1S/C15H22N2O3/c1-3-17(11(2)10-14(18)19)15(20)13-7-5-4-6-12(13)8-9-16/h4-7,11H,3,8-10,16H2,1-2H3,(H,18,19). The summed E-state index contributed by atoms with van der Waals surface area (Å²) in [4.78, 5) is 25.0. The van der Waals surface area contributed by atoms with Crippen LogP contribution in [-0.4, -0.2) is 41.0 Å². The van der Waals surface area contributed by atoms with Crippen LogP contribution in [-0.2, 0) is 11.2 Å². The Morgan fingerprint density at radius 3 is 2.55 bits per heavy atom. The molecule has 1 unspecified atom stereocenters. The van der Waals surface area contributed by atoms with Crippen LogP contribution in [0.15, 0.2) is 24.3 Å². The maximum Gasteiger partial charge on any atom is 0.305 e. The minimum atomic E-state index is -0.904. The topological polar surface area (TPSA) is 83.6 Å². The van der Waals surface area contributed by atoms with Gasteiger partial charge in [-0.3, -0.25) is 9.59 Å². The normalized spacial score (nSPS) is 11.9. The highest BCUT2D eigenvalue weighted by Crippen LogP contribution is 2.15. The van der Waals surface area contributed by atoms with Gasteiger partial charge < -0.3 is 15.7 Å². The first kappa shape index (κ1) is 16.2. The van der Waals surface area contributed by atoms with Gasteiger partial charge in [-0.1, -0.05) is 18.2 Å². The smallest absolute Gasteiger partial charge is 0.305 e. The second-order valence-electron chi connectivity index (χ2n) is 4.73. The highest BCUT2D eigenvalue weighted by atomic mass is 16.4. The van der Waals surface area contributed by atoms with Gasteiger partial charge in [-0.05, 0) is 38.4 Å². The van der Waals surface area contributed by atoms with Crippen LogP contribution in [0.25, 0.3) is 0 Å². The van der Waals surface area contributed by atoms with Crippen LogP contribution in [0, 0.1) is 0 Å². The number of nitrogens with two attached hydrogens (primary N) is 1. The van der Waals surface area contributed by atoms with Gasteiger partial charge in [0.05, 0.1) is 6.42 Å². The number of hydrogen-bond donors (Lipinski definition) is 2. The van der Waals surface area contributed by atoms with Gasteiger partial charge in [0.2, 0.25) is 0 Å². The van der Waals surface area contributed by atoms with Gasteiger partial charge >= 0.3 is 5.97 Å². The summed E-state index contributed by atoms with van der Waals surface area (Å²) in [6.07, 6.45) is 0.575. The van der Waals surface area contributed by atoms with Crippen molar-refractivity contribution in [2.45, 2.75) is 32.7 Å². The summed E-state index contributed by atoms with van der Waals surface area (Å²) in [5.74, 6) is -1.04. The molecule has 110 valence electrons. The minimum Gasteiger partial charge on any atom is -0.481 e. The van der Waals surface area contributed by atoms with E-state index in [0.717, 1.165) is 5.56 Å². The van der Waals surface area contributed by atoms with Crippen molar-refractivity contribution in [2.24, 2.45) is 5.73 Å². The molecule has 1 aromatic rings. The minimum absolute atomic E-state index is 0.0569. The molecular weight excluding hydrogens is 256 g/mol. The highest BCUT2D eigenvalue weighted by Gasteiger charge is 2.23. The SMILES string of the molecule is CCN(C(=O)c1ccccc1CCN)C(C)CC(=O)O. The van der Waals surface area contributed by atoms with E-state index in [1.165, 1.54) is 0 Å². The maximum atomic E-state index is 12.6. The van der Waals surface area contributed by atoms with Crippen LogP contribution in [0.3, 0.4) is 0 Å². The molecule has 0 aliphatic heterocycles. The molecule has 0 fully saturated rings. The lowest BCUT2D eigenvalue weighted by Crippen LogP contribution is -2.40. The van der Waals surface area contributed by atoms with Gasteiger partial charge in [0.1, 0.15) is 0 Å². The zero-order valence-electron chi connectivity index (χ0n) is 12.0. The van der Waals surface area contributed by atoms with Crippen LogP contribution < -0.4 is 5.73 Å². The van der Waals surface area contributed by atoms with Crippen LogP contribution in [0.4, 0.5) is 0 Å². The maximum absolute atomic E-state index is 12.6. The van der Waals surface area contributed by atoms with Crippen LogP contribution in [0.5, 0.6) is 0 Å². The largest absolute Gasteiger partial charge is 0.481 e. The van der Waals surface area contributed by atoms with Crippen molar-refractivity contribution in [3.63, 3.8) is 0 Å². The summed E-state index contributed by atoms with van der Waals surface area (Å²) in [6, 6.07) is 7.00. The van der Waals surface area contributed by atoms with Crippen molar-refractivity contribution in [2.75, 3.05) is 13.1 Å². The van der Waals surface area contributed by atoms with Crippen molar-refractivity contribution in [1.29, 1.82) is 0 Å². The molecule has 3 N–H and O–H groups in total. The quantitative estimate of drug-likeness (QED) is 0.792. The zero-order chi connectivity index (χ0) is 15.1. The van der Waals surface area contributed by atoms with Gasteiger partial charge in [-0.2, -0.15) is 0 Å². The van der Waals surface area contributed by atoms with E-state index in [2.05, 4.69) is 0 Å². The molecule has 5 nitrogen and oxygen atoms in total. The number of carboxylic acid groups (broad SMARTS) is 1. The van der Waals surface area contributed by atoms with Crippen LogP contribution in [0.2, 0.25) is 0 Å². The number of rotatable bonds is 7. The van der Waals surface area contributed by atoms with Gasteiger partial charge in [0.15, 0.2) is 0 Å². The molecule has 1 aromatic carbocycles. The first-order valence-electron chi connectivity index (χ1n) is 6.82. The van der Waals surface area contributed by atoms with Gasteiger partial charge in [-0.25, -0.2) is 0 Å². The molecule has 0 aliphatic carbocycles. The molecule has 0 bridgehead atoms. The van der Waals surface area contributed by atoms with Gasteiger partial charge in [0.25, 0.3) is 5.91 Å². The van der Waals surface area contributed by atoms with Crippen molar-refractivity contribution in [3.8, 4) is 0 Å². The van der Waals surface area contributed by atoms with E-state index >= 15 is 0 Å². The third-order valence-corrected chi connectivity index (χ3v) is 3.27. The number of carbonyl (C=O) groups is 2. The number of aliphatic carboxylic acids is 1. The number of benzene rings is 1. The predicted octanol–water partition coefficient (Wildman–Crippen LogP) is 1.51. The Balaban J connectivity index is 2.99. The molecule has 0 saturated carbocycles. The molecule has 1 rings (SSSR count). The summed E-state index contributed by atoms with van der Waals surface area (Å²) in [7, 11) is 0. The van der Waals surface area contributed by atoms with Crippen molar-refractivity contribution in [3.05, 3.63) is 35.4 Å². The van der Waals surface area contributed by atoms with E-state index < -0.39 is 5.97 Å². The van der Waals surface area contributed by atoms with Gasteiger partial charge in [0, 0.05) is 18.2 Å². The molecule has 0 saturated heterocycles. The Morgan fingerprint density at radius 2 is 2.00 bits per heavy atom. The van der Waals surface area contributed by atoms with E-state index in [9.17, 15) is 9.59 Å². The fraction of sp³-hybridized carbons (Fsp3) is 0.467. The molecule has 0 radical (unpaired) electrons. The van der Waals surface area contributed by atoms with Crippen LogP contribution >= 0.6 is 0 Å². The Morgan fingerprint density at radius 1 is 1.35 bits per heavy atom. The number of amides is 1. The van der Waals surface area contributed by atoms with Crippen molar-refractivity contribution >= 4 is 11.9 Å². The third-order valence-electron chi connectivity index (χ3n) is 3.27. The average Bonchev–Trinajstić information content (AvgIpc) is 2.39. The van der Waals surface area contributed by atoms with Crippen LogP contribution in [0.1, 0.15) is 36.2 Å². The first-order valence-corrected chi connectivity index (χ1v) is 6.82. The summed E-state index contributed by atoms with van der Waals surface area (Å²) < 4.78 is 0. The Hall–Kier alpha value is -1.88. The Kier molecular flexibility index (Phi) is 6.18. The van der Waals surface area contributed by atoms with Crippen molar-refractivity contribution < 1.29 is 14.7 Å². The molecule has 1 atom stereocenters. The molecule has 0 heterocycles. The van der Waals surface area contributed by atoms with E-state index in [4.69, 9.17) is 10.8 Å². The van der Waals surface area contributed by atoms with E-state index in [1.807, 2.05) is 25.1 Å². The lowest BCUT2D eigenvalue weighted by atomic mass is 10.0. The summed E-state index contributed by atoms with van der Waals surface area (Å²) >= 11 is 0. The number of hydrogen-bond acceptors (Lipinski definition) is 3. The fourth-order valence-electron chi connectivity index (χ4n) is 2.28. The molecule has 0 spiro atoms. The molecule has 1 amide bonds. The van der Waals surface area contributed by atoms with Crippen molar-refractivity contribution in [1.82, 2.24) is 4.90 Å². The van der Waals surface area contributed by atoms with E-state index in [0.29, 0.717) is 25.1 Å². The molecule has 0 aromatic heterocycles. The highest BCUT2D eigenvalue weighted by molar-refractivity contribution is 5.96. The molecule has 5 heteroatoms. The Labute approximate surface area is 119 Å². The predicted molar refractivity (Wildman–Crippen MR) is 77.6 cm³/mol. The number of carboxylic acids is 1. The molecular formula is C15H22N2O3. The lowest BCUT2D eigenvalue weighted by molar-refractivity contribution is -0.138.